The number of nitrogens with one attached hydrogen (secondary N) is 1. The Morgan fingerprint density at radius 3 is 2.50 bits per heavy atom. The second-order valence-electron chi connectivity index (χ2n) is 7.22. The Labute approximate surface area is 189 Å². The smallest absolute Gasteiger partial charge is 0.234 e. The van der Waals surface area contributed by atoms with E-state index in [2.05, 4.69) is 40.9 Å². The molecule has 0 unspecified atom stereocenters. The molecule has 0 saturated carbocycles. The average Bonchev–Trinajstić information content (AvgIpc) is 3.17. The van der Waals surface area contributed by atoms with Gasteiger partial charge in [-0.3, -0.25) is 14.3 Å². The van der Waals surface area contributed by atoms with Gasteiger partial charge >= 0.3 is 0 Å². The molecule has 1 amide bonds. The molecule has 6 nitrogen and oxygen atoms in total. The Kier molecular flexibility index (Phi) is 7.20. The maximum Gasteiger partial charge on any atom is 0.234 e. The topological polar surface area (TPSA) is 63.1 Å². The normalized spacial score (nSPS) is 14.6. The van der Waals surface area contributed by atoms with Crippen molar-refractivity contribution >= 4 is 39.3 Å². The van der Waals surface area contributed by atoms with Crippen LogP contribution in [0.25, 0.3) is 5.69 Å². The third kappa shape index (κ3) is 5.30. The first-order chi connectivity index (χ1) is 14.7. The van der Waals surface area contributed by atoms with Crippen LogP contribution >= 0.6 is 27.7 Å². The van der Waals surface area contributed by atoms with E-state index in [1.165, 1.54) is 31.0 Å². The van der Waals surface area contributed by atoms with Crippen LogP contribution in [0, 0.1) is 0 Å². The third-order valence-electron chi connectivity index (χ3n) is 5.01. The number of anilines is 1. The molecule has 1 aliphatic rings. The number of benzene rings is 2. The van der Waals surface area contributed by atoms with Crippen molar-refractivity contribution < 1.29 is 4.79 Å². The van der Waals surface area contributed by atoms with E-state index in [4.69, 9.17) is 0 Å². The van der Waals surface area contributed by atoms with Gasteiger partial charge in [0.1, 0.15) is 0 Å². The molecule has 3 aromatic rings. The monoisotopic (exact) mass is 485 g/mol. The zero-order valence-corrected chi connectivity index (χ0v) is 19.0. The summed E-state index contributed by atoms with van der Waals surface area (Å²) in [5.41, 5.74) is 1.78. The van der Waals surface area contributed by atoms with Gasteiger partial charge in [0.2, 0.25) is 5.91 Å². The molecule has 30 heavy (non-hydrogen) atoms. The Balaban J connectivity index is 1.49. The van der Waals surface area contributed by atoms with Gasteiger partial charge in [-0.25, -0.2) is 0 Å². The maximum atomic E-state index is 12.5. The summed E-state index contributed by atoms with van der Waals surface area (Å²) in [6, 6.07) is 17.7. The number of likely N-dealkylation sites (tertiary alicyclic amines) is 1. The molecule has 8 heteroatoms. The molecular formula is C22H24BrN5OS. The van der Waals surface area contributed by atoms with Gasteiger partial charge in [0, 0.05) is 10.2 Å². The standard InChI is InChI=1S/C22H24BrN5OS/c23-18-11-5-6-12-19(18)24-21(29)16-30-22-26-25-20(15-27-13-7-2-8-14-27)28(22)17-9-3-1-4-10-17/h1,3-6,9-12H,2,7-8,13-16H2,(H,24,29). The molecule has 0 atom stereocenters. The van der Waals surface area contributed by atoms with Gasteiger partial charge in [-0.05, 0) is 66.1 Å². The van der Waals surface area contributed by atoms with Crippen molar-refractivity contribution in [3.63, 3.8) is 0 Å². The van der Waals surface area contributed by atoms with E-state index in [1.54, 1.807) is 0 Å². The van der Waals surface area contributed by atoms with Crippen LogP contribution in [-0.4, -0.2) is 44.4 Å². The number of carbonyl (C=O) groups excluding carboxylic acids is 1. The number of rotatable bonds is 7. The summed E-state index contributed by atoms with van der Waals surface area (Å²) >= 11 is 4.86. The van der Waals surface area contributed by atoms with E-state index >= 15 is 0 Å². The van der Waals surface area contributed by atoms with Gasteiger partial charge in [0.25, 0.3) is 0 Å². The van der Waals surface area contributed by atoms with E-state index in [0.717, 1.165) is 46.5 Å². The molecule has 4 rings (SSSR count). The second-order valence-corrected chi connectivity index (χ2v) is 9.02. The first-order valence-electron chi connectivity index (χ1n) is 10.1. The van der Waals surface area contributed by atoms with E-state index in [0.29, 0.717) is 0 Å². The average molecular weight is 486 g/mol. The number of halogens is 1. The number of hydrogen-bond donors (Lipinski definition) is 1. The number of aromatic nitrogens is 3. The van der Waals surface area contributed by atoms with E-state index in [-0.39, 0.29) is 11.7 Å². The van der Waals surface area contributed by atoms with Crippen LogP contribution < -0.4 is 5.32 Å². The number of para-hydroxylation sites is 2. The summed E-state index contributed by atoms with van der Waals surface area (Å²) in [7, 11) is 0. The number of nitrogens with zero attached hydrogens (tertiary/aromatic N) is 4. The third-order valence-corrected chi connectivity index (χ3v) is 6.63. The lowest BCUT2D eigenvalue weighted by atomic mass is 10.1. The second kappa shape index (κ2) is 10.2. The molecule has 1 aromatic heterocycles. The van der Waals surface area contributed by atoms with E-state index < -0.39 is 0 Å². The van der Waals surface area contributed by atoms with Crippen LogP contribution in [0.4, 0.5) is 5.69 Å². The molecule has 1 saturated heterocycles. The fourth-order valence-electron chi connectivity index (χ4n) is 3.53. The van der Waals surface area contributed by atoms with Crippen molar-refractivity contribution in [1.29, 1.82) is 0 Å². The van der Waals surface area contributed by atoms with Crippen molar-refractivity contribution in [2.45, 2.75) is 31.0 Å². The molecular weight excluding hydrogens is 462 g/mol. The van der Waals surface area contributed by atoms with Gasteiger partial charge in [0.05, 0.1) is 18.0 Å². The van der Waals surface area contributed by atoms with Crippen LogP contribution in [-0.2, 0) is 11.3 Å². The summed E-state index contributed by atoms with van der Waals surface area (Å²) < 4.78 is 2.94. The Morgan fingerprint density at radius 2 is 1.73 bits per heavy atom. The molecule has 2 heterocycles. The summed E-state index contributed by atoms with van der Waals surface area (Å²) in [6.45, 7) is 2.96. The van der Waals surface area contributed by atoms with Crippen molar-refractivity contribution in [1.82, 2.24) is 19.7 Å². The van der Waals surface area contributed by atoms with Gasteiger partial charge in [-0.15, -0.1) is 10.2 Å². The molecule has 0 spiro atoms. The molecule has 0 bridgehead atoms. The highest BCUT2D eigenvalue weighted by Gasteiger charge is 2.19. The predicted molar refractivity (Wildman–Crippen MR) is 124 cm³/mol. The van der Waals surface area contributed by atoms with Crippen molar-refractivity contribution in [3.8, 4) is 5.69 Å². The van der Waals surface area contributed by atoms with E-state index in [9.17, 15) is 4.79 Å². The molecule has 0 aliphatic carbocycles. The van der Waals surface area contributed by atoms with Gasteiger partial charge < -0.3 is 5.32 Å². The van der Waals surface area contributed by atoms with E-state index in [1.807, 2.05) is 54.6 Å². The van der Waals surface area contributed by atoms with Crippen LogP contribution in [0.5, 0.6) is 0 Å². The molecule has 1 fully saturated rings. The Hall–Kier alpha value is -2.16. The Bertz CT molecular complexity index is 988. The molecule has 1 aliphatic heterocycles. The van der Waals surface area contributed by atoms with Crippen molar-refractivity contribution in [2.75, 3.05) is 24.2 Å². The first-order valence-corrected chi connectivity index (χ1v) is 11.9. The highest BCUT2D eigenvalue weighted by atomic mass is 79.9. The van der Waals surface area contributed by atoms with Crippen molar-refractivity contribution in [3.05, 3.63) is 64.9 Å². The van der Waals surface area contributed by atoms with Crippen LogP contribution in [0.15, 0.2) is 64.2 Å². The van der Waals surface area contributed by atoms with Gasteiger partial charge in [-0.2, -0.15) is 0 Å². The summed E-state index contributed by atoms with van der Waals surface area (Å²) in [5, 5.41) is 12.6. The zero-order chi connectivity index (χ0) is 20.8. The summed E-state index contributed by atoms with van der Waals surface area (Å²) in [6.07, 6.45) is 3.77. The quantitative estimate of drug-likeness (QED) is 0.489. The lowest BCUT2D eigenvalue weighted by molar-refractivity contribution is -0.113. The molecule has 1 N–H and O–H groups in total. The Morgan fingerprint density at radius 1 is 1.00 bits per heavy atom. The fraction of sp³-hybridized carbons (Fsp3) is 0.318. The van der Waals surface area contributed by atoms with Gasteiger partial charge in [-0.1, -0.05) is 48.5 Å². The predicted octanol–water partition coefficient (Wildman–Crippen LogP) is 4.75. The SMILES string of the molecule is O=C(CSc1nnc(CN2CCCCC2)n1-c1ccccc1)Nc1ccccc1Br. The minimum Gasteiger partial charge on any atom is -0.324 e. The largest absolute Gasteiger partial charge is 0.324 e. The molecule has 0 radical (unpaired) electrons. The van der Waals surface area contributed by atoms with Crippen LogP contribution in [0.1, 0.15) is 25.1 Å². The minimum atomic E-state index is -0.0768. The molecule has 156 valence electrons. The van der Waals surface area contributed by atoms with Crippen LogP contribution in [0.3, 0.4) is 0 Å². The maximum absolute atomic E-state index is 12.5. The fourth-order valence-corrected chi connectivity index (χ4v) is 4.68. The highest BCUT2D eigenvalue weighted by molar-refractivity contribution is 9.10. The number of carbonyl (C=O) groups is 1. The highest BCUT2D eigenvalue weighted by Crippen LogP contribution is 2.25. The van der Waals surface area contributed by atoms with Crippen molar-refractivity contribution in [2.24, 2.45) is 0 Å². The number of thioether (sulfide) groups is 1. The lowest BCUT2D eigenvalue weighted by Gasteiger charge is -2.26. The van der Waals surface area contributed by atoms with Crippen LogP contribution in [0.2, 0.25) is 0 Å². The summed E-state index contributed by atoms with van der Waals surface area (Å²) in [5.74, 6) is 1.10. The first kappa shape index (κ1) is 21.1. The van der Waals surface area contributed by atoms with Gasteiger partial charge in [0.15, 0.2) is 11.0 Å². The number of piperidine rings is 1. The number of hydrogen-bond acceptors (Lipinski definition) is 5. The number of amides is 1. The summed E-state index contributed by atoms with van der Waals surface area (Å²) in [4.78, 5) is 14.9. The zero-order valence-electron chi connectivity index (χ0n) is 16.6. The lowest BCUT2D eigenvalue weighted by Crippen LogP contribution is -2.30. The molecule has 2 aromatic carbocycles. The minimum absolute atomic E-state index is 0.0768.